The van der Waals surface area contributed by atoms with Crippen LogP contribution in [0.1, 0.15) is 46.0 Å². The van der Waals surface area contributed by atoms with Crippen LogP contribution in [0.5, 0.6) is 0 Å². The van der Waals surface area contributed by atoms with Crippen LogP contribution in [-0.2, 0) is 4.74 Å². The van der Waals surface area contributed by atoms with E-state index in [0.29, 0.717) is 12.6 Å². The van der Waals surface area contributed by atoms with E-state index in [4.69, 9.17) is 10.5 Å². The summed E-state index contributed by atoms with van der Waals surface area (Å²) in [6, 6.07) is 0. The first-order valence-corrected chi connectivity index (χ1v) is 6.50. The zero-order valence-electron chi connectivity index (χ0n) is 10.5. The first-order chi connectivity index (χ1) is 7.50. The summed E-state index contributed by atoms with van der Waals surface area (Å²) in [7, 11) is 0. The molecular weight excluding hydrogens is 202 g/mol. The van der Waals surface area contributed by atoms with Crippen molar-refractivity contribution in [3.8, 4) is 0 Å². The molecule has 3 heteroatoms. The van der Waals surface area contributed by atoms with E-state index in [-0.39, 0.29) is 16.9 Å². The molecule has 0 amide bonds. The molecule has 1 saturated carbocycles. The standard InChI is InChI=1S/C13H25NO2/c1-12(2)5-6-13(9-14,11(12)15)8-10-4-3-7-16-10/h10-11,15H,3-9,14H2,1-2H3. The maximum Gasteiger partial charge on any atom is 0.0660 e. The van der Waals surface area contributed by atoms with Gasteiger partial charge in [0, 0.05) is 18.6 Å². The molecule has 3 nitrogen and oxygen atoms in total. The summed E-state index contributed by atoms with van der Waals surface area (Å²) in [4.78, 5) is 0. The van der Waals surface area contributed by atoms with Crippen molar-refractivity contribution < 1.29 is 9.84 Å². The summed E-state index contributed by atoms with van der Waals surface area (Å²) in [6.07, 6.45) is 5.38. The van der Waals surface area contributed by atoms with Gasteiger partial charge in [0.1, 0.15) is 0 Å². The molecule has 3 unspecified atom stereocenters. The average molecular weight is 227 g/mol. The van der Waals surface area contributed by atoms with Crippen LogP contribution in [0.15, 0.2) is 0 Å². The summed E-state index contributed by atoms with van der Waals surface area (Å²) < 4.78 is 5.69. The van der Waals surface area contributed by atoms with Gasteiger partial charge in [-0.2, -0.15) is 0 Å². The molecule has 0 radical (unpaired) electrons. The Balaban J connectivity index is 2.07. The van der Waals surface area contributed by atoms with Crippen LogP contribution in [-0.4, -0.2) is 30.5 Å². The topological polar surface area (TPSA) is 55.5 Å². The second kappa shape index (κ2) is 4.28. The average Bonchev–Trinajstić information content (AvgIpc) is 2.82. The fourth-order valence-corrected chi connectivity index (χ4v) is 3.44. The van der Waals surface area contributed by atoms with Gasteiger partial charge in [-0.05, 0) is 37.5 Å². The van der Waals surface area contributed by atoms with Crippen molar-refractivity contribution in [1.82, 2.24) is 0 Å². The summed E-state index contributed by atoms with van der Waals surface area (Å²) in [5, 5.41) is 10.5. The molecule has 0 bridgehead atoms. The Hall–Kier alpha value is -0.120. The Morgan fingerprint density at radius 1 is 1.38 bits per heavy atom. The molecule has 2 rings (SSSR count). The largest absolute Gasteiger partial charge is 0.392 e. The van der Waals surface area contributed by atoms with Gasteiger partial charge in [0.25, 0.3) is 0 Å². The number of aliphatic hydroxyl groups is 1. The highest BCUT2D eigenvalue weighted by atomic mass is 16.5. The summed E-state index contributed by atoms with van der Waals surface area (Å²) in [5.74, 6) is 0. The molecule has 2 aliphatic rings. The number of nitrogens with two attached hydrogens (primary N) is 1. The number of hydrogen-bond acceptors (Lipinski definition) is 3. The summed E-state index contributed by atoms with van der Waals surface area (Å²) >= 11 is 0. The second-order valence-electron chi connectivity index (χ2n) is 6.30. The molecule has 3 atom stereocenters. The molecule has 1 aliphatic carbocycles. The van der Waals surface area contributed by atoms with Gasteiger partial charge in [0.05, 0.1) is 12.2 Å². The molecule has 2 fully saturated rings. The number of rotatable bonds is 3. The maximum atomic E-state index is 10.5. The zero-order valence-corrected chi connectivity index (χ0v) is 10.5. The molecule has 1 aliphatic heterocycles. The Morgan fingerprint density at radius 2 is 2.12 bits per heavy atom. The SMILES string of the molecule is CC1(C)CCC(CN)(CC2CCCO2)C1O. The molecule has 3 N–H and O–H groups in total. The third-order valence-electron chi connectivity index (χ3n) is 4.65. The molecule has 0 aromatic carbocycles. The van der Waals surface area contributed by atoms with Crippen LogP contribution in [0, 0.1) is 10.8 Å². The molecule has 1 heterocycles. The summed E-state index contributed by atoms with van der Waals surface area (Å²) in [5.41, 5.74) is 5.86. The van der Waals surface area contributed by atoms with Crippen molar-refractivity contribution in [2.45, 2.75) is 58.2 Å². The molecule has 0 spiro atoms. The minimum absolute atomic E-state index is 0.0119. The normalized spacial score (nSPS) is 42.8. The monoisotopic (exact) mass is 227 g/mol. The Labute approximate surface area is 98.4 Å². The first kappa shape index (κ1) is 12.3. The van der Waals surface area contributed by atoms with Crippen molar-refractivity contribution in [2.75, 3.05) is 13.2 Å². The molecule has 0 aromatic heterocycles. The van der Waals surface area contributed by atoms with E-state index in [0.717, 1.165) is 38.7 Å². The molecule has 1 saturated heterocycles. The lowest BCUT2D eigenvalue weighted by atomic mass is 9.74. The third kappa shape index (κ3) is 2.01. The number of hydrogen-bond donors (Lipinski definition) is 2. The minimum atomic E-state index is -0.283. The highest BCUT2D eigenvalue weighted by Gasteiger charge is 2.51. The predicted molar refractivity (Wildman–Crippen MR) is 64.1 cm³/mol. The van der Waals surface area contributed by atoms with Gasteiger partial charge in [-0.1, -0.05) is 13.8 Å². The van der Waals surface area contributed by atoms with E-state index < -0.39 is 0 Å². The fraction of sp³-hybridized carbons (Fsp3) is 1.00. The highest BCUT2D eigenvalue weighted by molar-refractivity contribution is 5.03. The van der Waals surface area contributed by atoms with Gasteiger partial charge in [-0.3, -0.25) is 0 Å². The van der Waals surface area contributed by atoms with Crippen LogP contribution in [0.2, 0.25) is 0 Å². The molecule has 94 valence electrons. The van der Waals surface area contributed by atoms with Gasteiger partial charge >= 0.3 is 0 Å². The van der Waals surface area contributed by atoms with E-state index in [1.807, 2.05) is 0 Å². The zero-order chi connectivity index (χ0) is 11.8. The van der Waals surface area contributed by atoms with Gasteiger partial charge in [0.2, 0.25) is 0 Å². The van der Waals surface area contributed by atoms with Gasteiger partial charge in [-0.15, -0.1) is 0 Å². The van der Waals surface area contributed by atoms with E-state index in [1.165, 1.54) is 0 Å². The molecule has 16 heavy (non-hydrogen) atoms. The lowest BCUT2D eigenvalue weighted by Crippen LogP contribution is -2.44. The lowest BCUT2D eigenvalue weighted by molar-refractivity contribution is -0.0350. The van der Waals surface area contributed by atoms with Gasteiger partial charge in [0.15, 0.2) is 0 Å². The van der Waals surface area contributed by atoms with Gasteiger partial charge < -0.3 is 15.6 Å². The Morgan fingerprint density at radius 3 is 2.56 bits per heavy atom. The quantitative estimate of drug-likeness (QED) is 0.771. The number of ether oxygens (including phenoxy) is 1. The fourth-order valence-electron chi connectivity index (χ4n) is 3.44. The van der Waals surface area contributed by atoms with Crippen molar-refractivity contribution in [2.24, 2.45) is 16.6 Å². The van der Waals surface area contributed by atoms with Crippen molar-refractivity contribution in [1.29, 1.82) is 0 Å². The van der Waals surface area contributed by atoms with Crippen LogP contribution >= 0.6 is 0 Å². The van der Waals surface area contributed by atoms with Gasteiger partial charge in [-0.25, -0.2) is 0 Å². The Kier molecular flexibility index (Phi) is 3.30. The highest BCUT2D eigenvalue weighted by Crippen LogP contribution is 2.51. The van der Waals surface area contributed by atoms with E-state index in [9.17, 15) is 5.11 Å². The van der Waals surface area contributed by atoms with Crippen LogP contribution in [0.4, 0.5) is 0 Å². The van der Waals surface area contributed by atoms with Crippen molar-refractivity contribution >= 4 is 0 Å². The van der Waals surface area contributed by atoms with E-state index >= 15 is 0 Å². The van der Waals surface area contributed by atoms with E-state index in [1.54, 1.807) is 0 Å². The third-order valence-corrected chi connectivity index (χ3v) is 4.65. The maximum absolute atomic E-state index is 10.5. The molecule has 0 aromatic rings. The predicted octanol–water partition coefficient (Wildman–Crippen LogP) is 1.68. The van der Waals surface area contributed by atoms with E-state index in [2.05, 4.69) is 13.8 Å². The van der Waals surface area contributed by atoms with Crippen LogP contribution < -0.4 is 5.73 Å². The number of aliphatic hydroxyl groups excluding tert-OH is 1. The first-order valence-electron chi connectivity index (χ1n) is 6.50. The summed E-state index contributed by atoms with van der Waals surface area (Å²) in [6.45, 7) is 5.75. The Bertz CT molecular complexity index is 248. The second-order valence-corrected chi connectivity index (χ2v) is 6.30. The lowest BCUT2D eigenvalue weighted by Gasteiger charge is -2.37. The van der Waals surface area contributed by atoms with Crippen molar-refractivity contribution in [3.05, 3.63) is 0 Å². The van der Waals surface area contributed by atoms with Crippen LogP contribution in [0.3, 0.4) is 0 Å². The molecular formula is C13H25NO2. The van der Waals surface area contributed by atoms with Crippen molar-refractivity contribution in [3.63, 3.8) is 0 Å². The van der Waals surface area contributed by atoms with Crippen LogP contribution in [0.25, 0.3) is 0 Å². The smallest absolute Gasteiger partial charge is 0.0660 e. The minimum Gasteiger partial charge on any atom is -0.392 e.